The summed E-state index contributed by atoms with van der Waals surface area (Å²) in [6, 6.07) is 21.7. The highest BCUT2D eigenvalue weighted by Crippen LogP contribution is 2.25. The molecular formula is C20H19NO2. The number of nitrogens with zero attached hydrogens (tertiary/aromatic N) is 1. The third kappa shape index (κ3) is 3.41. The molecule has 0 bridgehead atoms. The minimum atomic E-state index is -0.271. The number of methoxy groups -OCH3 is 1. The molecule has 0 fully saturated rings. The molecule has 1 N–H and O–H groups in total. The van der Waals surface area contributed by atoms with Gasteiger partial charge in [-0.15, -0.1) is 0 Å². The maximum atomic E-state index is 9.61. The van der Waals surface area contributed by atoms with E-state index in [1.807, 2.05) is 48.5 Å². The zero-order chi connectivity index (χ0) is 16.1. The summed E-state index contributed by atoms with van der Waals surface area (Å²) in [6.45, 7) is -0.0313. The van der Waals surface area contributed by atoms with Gasteiger partial charge < -0.3 is 9.84 Å². The minimum absolute atomic E-state index is 0.0313. The molecule has 0 aliphatic rings. The van der Waals surface area contributed by atoms with Gasteiger partial charge in [-0.1, -0.05) is 54.6 Å². The summed E-state index contributed by atoms with van der Waals surface area (Å²) in [5, 5.41) is 11.9. The van der Waals surface area contributed by atoms with Gasteiger partial charge in [-0.3, -0.25) is 4.99 Å². The van der Waals surface area contributed by atoms with E-state index in [0.29, 0.717) is 0 Å². The molecule has 0 aliphatic carbocycles. The molecule has 3 rings (SSSR count). The molecule has 0 aromatic heterocycles. The second-order valence-corrected chi connectivity index (χ2v) is 5.33. The van der Waals surface area contributed by atoms with E-state index in [1.54, 1.807) is 13.3 Å². The number of hydrogen-bond donors (Lipinski definition) is 1. The summed E-state index contributed by atoms with van der Waals surface area (Å²) >= 11 is 0. The third-order valence-corrected chi connectivity index (χ3v) is 3.85. The highest BCUT2D eigenvalue weighted by molar-refractivity contribution is 5.93. The van der Waals surface area contributed by atoms with Crippen LogP contribution in [0.3, 0.4) is 0 Å². The van der Waals surface area contributed by atoms with Crippen molar-refractivity contribution >= 4 is 17.0 Å². The van der Waals surface area contributed by atoms with Crippen LogP contribution in [0.2, 0.25) is 0 Å². The van der Waals surface area contributed by atoms with Crippen LogP contribution in [-0.4, -0.2) is 25.0 Å². The fourth-order valence-electron chi connectivity index (χ4n) is 2.60. The van der Waals surface area contributed by atoms with Crippen molar-refractivity contribution in [1.29, 1.82) is 0 Å². The standard InChI is InChI=1S/C20H19NO2/c1-23-20-12-17-10-6-5-9-16(17)11-18(20)13-21-19(14-22)15-7-3-2-4-8-15/h2-13,19,22H,14H2,1H3/t19-/m0/s1. The SMILES string of the molecule is COc1cc2ccccc2cc1C=N[C@@H](CO)c1ccccc1. The number of benzene rings is 3. The van der Waals surface area contributed by atoms with Crippen LogP contribution < -0.4 is 4.74 Å². The maximum Gasteiger partial charge on any atom is 0.128 e. The Morgan fingerprint density at radius 1 is 1.00 bits per heavy atom. The fourth-order valence-corrected chi connectivity index (χ4v) is 2.60. The quantitative estimate of drug-likeness (QED) is 0.724. The van der Waals surface area contributed by atoms with Crippen LogP contribution in [0, 0.1) is 0 Å². The van der Waals surface area contributed by atoms with Gasteiger partial charge in [0.2, 0.25) is 0 Å². The van der Waals surface area contributed by atoms with Gasteiger partial charge >= 0.3 is 0 Å². The lowest BCUT2D eigenvalue weighted by Crippen LogP contribution is -2.02. The maximum absolute atomic E-state index is 9.61. The highest BCUT2D eigenvalue weighted by Gasteiger charge is 2.08. The smallest absolute Gasteiger partial charge is 0.128 e. The van der Waals surface area contributed by atoms with Crippen LogP contribution in [0.4, 0.5) is 0 Å². The zero-order valence-electron chi connectivity index (χ0n) is 13.0. The predicted molar refractivity (Wildman–Crippen MR) is 94.4 cm³/mol. The molecule has 3 aromatic rings. The van der Waals surface area contributed by atoms with Crippen molar-refractivity contribution in [2.45, 2.75) is 6.04 Å². The van der Waals surface area contributed by atoms with Crippen molar-refractivity contribution in [2.24, 2.45) is 4.99 Å². The van der Waals surface area contributed by atoms with Crippen molar-refractivity contribution in [2.75, 3.05) is 13.7 Å². The first-order valence-corrected chi connectivity index (χ1v) is 7.57. The summed E-state index contributed by atoms with van der Waals surface area (Å²) in [4.78, 5) is 4.54. The molecule has 23 heavy (non-hydrogen) atoms. The van der Waals surface area contributed by atoms with E-state index < -0.39 is 0 Å². The summed E-state index contributed by atoms with van der Waals surface area (Å²) in [6.07, 6.45) is 1.78. The first kappa shape index (κ1) is 15.3. The lowest BCUT2D eigenvalue weighted by Gasteiger charge is -2.11. The highest BCUT2D eigenvalue weighted by atomic mass is 16.5. The molecule has 0 unspecified atom stereocenters. The predicted octanol–water partition coefficient (Wildman–Crippen LogP) is 4.00. The monoisotopic (exact) mass is 305 g/mol. The van der Waals surface area contributed by atoms with Gasteiger partial charge in [0.25, 0.3) is 0 Å². The Labute approximate surface area is 135 Å². The molecule has 0 spiro atoms. The molecule has 116 valence electrons. The number of hydrogen-bond acceptors (Lipinski definition) is 3. The Kier molecular flexibility index (Phi) is 4.69. The Bertz CT molecular complexity index is 812. The molecule has 0 heterocycles. The molecular weight excluding hydrogens is 286 g/mol. The van der Waals surface area contributed by atoms with Crippen LogP contribution in [0.1, 0.15) is 17.2 Å². The molecule has 0 saturated heterocycles. The minimum Gasteiger partial charge on any atom is -0.496 e. The van der Waals surface area contributed by atoms with Crippen molar-refractivity contribution < 1.29 is 9.84 Å². The molecule has 3 heteroatoms. The summed E-state index contributed by atoms with van der Waals surface area (Å²) < 4.78 is 5.47. The van der Waals surface area contributed by atoms with Crippen LogP contribution in [0.15, 0.2) is 71.7 Å². The first-order chi connectivity index (χ1) is 11.3. The number of rotatable bonds is 5. The number of aliphatic imine (C=N–C) groups is 1. The summed E-state index contributed by atoms with van der Waals surface area (Å²) in [5.41, 5.74) is 1.89. The lowest BCUT2D eigenvalue weighted by molar-refractivity contribution is 0.269. The van der Waals surface area contributed by atoms with Crippen LogP contribution >= 0.6 is 0 Å². The molecule has 1 atom stereocenters. The average Bonchev–Trinajstić information content (AvgIpc) is 2.62. The van der Waals surface area contributed by atoms with Crippen molar-refractivity contribution in [3.8, 4) is 5.75 Å². The van der Waals surface area contributed by atoms with Gasteiger partial charge in [-0.05, 0) is 28.5 Å². The number of fused-ring (bicyclic) bond motifs is 1. The molecule has 3 nitrogen and oxygen atoms in total. The molecule has 3 aromatic carbocycles. The van der Waals surface area contributed by atoms with E-state index in [4.69, 9.17) is 4.74 Å². The van der Waals surface area contributed by atoms with Gasteiger partial charge in [0.1, 0.15) is 5.75 Å². The molecule has 0 aliphatic heterocycles. The van der Waals surface area contributed by atoms with Crippen LogP contribution in [-0.2, 0) is 0 Å². The van der Waals surface area contributed by atoms with E-state index in [9.17, 15) is 5.11 Å². The van der Waals surface area contributed by atoms with Gasteiger partial charge in [0.05, 0.1) is 19.8 Å². The normalized spacial score (nSPS) is 12.6. The van der Waals surface area contributed by atoms with Gasteiger partial charge in [0, 0.05) is 11.8 Å². The Hall–Kier alpha value is -2.65. The van der Waals surface area contributed by atoms with Gasteiger partial charge in [0.15, 0.2) is 0 Å². The van der Waals surface area contributed by atoms with E-state index in [-0.39, 0.29) is 12.6 Å². The van der Waals surface area contributed by atoms with E-state index in [2.05, 4.69) is 23.2 Å². The Balaban J connectivity index is 1.96. The van der Waals surface area contributed by atoms with Crippen LogP contribution in [0.5, 0.6) is 5.75 Å². The van der Waals surface area contributed by atoms with Crippen LogP contribution in [0.25, 0.3) is 10.8 Å². The molecule has 0 amide bonds. The van der Waals surface area contributed by atoms with Gasteiger partial charge in [-0.2, -0.15) is 0 Å². The topological polar surface area (TPSA) is 41.8 Å². The fraction of sp³-hybridized carbons (Fsp3) is 0.150. The average molecular weight is 305 g/mol. The van der Waals surface area contributed by atoms with Gasteiger partial charge in [-0.25, -0.2) is 0 Å². The zero-order valence-corrected chi connectivity index (χ0v) is 13.0. The number of ether oxygens (including phenoxy) is 1. The largest absolute Gasteiger partial charge is 0.496 e. The first-order valence-electron chi connectivity index (χ1n) is 7.57. The van der Waals surface area contributed by atoms with E-state index in [1.165, 1.54) is 0 Å². The lowest BCUT2D eigenvalue weighted by atomic mass is 10.1. The van der Waals surface area contributed by atoms with Crippen molar-refractivity contribution in [3.63, 3.8) is 0 Å². The number of aliphatic hydroxyl groups excluding tert-OH is 1. The number of aliphatic hydroxyl groups is 1. The summed E-state index contributed by atoms with van der Waals surface area (Å²) in [5.74, 6) is 0.775. The molecule has 0 radical (unpaired) electrons. The van der Waals surface area contributed by atoms with Crippen molar-refractivity contribution in [1.82, 2.24) is 0 Å². The van der Waals surface area contributed by atoms with E-state index >= 15 is 0 Å². The second kappa shape index (κ2) is 7.07. The third-order valence-electron chi connectivity index (χ3n) is 3.85. The molecule has 0 saturated carbocycles. The summed E-state index contributed by atoms with van der Waals surface area (Å²) in [7, 11) is 1.65. The Morgan fingerprint density at radius 2 is 1.65 bits per heavy atom. The van der Waals surface area contributed by atoms with E-state index in [0.717, 1.165) is 27.6 Å². The Morgan fingerprint density at radius 3 is 2.30 bits per heavy atom. The van der Waals surface area contributed by atoms with Crippen molar-refractivity contribution in [3.05, 3.63) is 77.9 Å². The second-order valence-electron chi connectivity index (χ2n) is 5.33.